The average molecular weight is 429 g/mol. The molecular weight excluding hydrogens is 396 g/mol. The lowest BCUT2D eigenvalue weighted by atomic mass is 9.92. The van der Waals surface area contributed by atoms with Crippen LogP contribution in [0.15, 0.2) is 48.5 Å². The summed E-state index contributed by atoms with van der Waals surface area (Å²) in [5, 5.41) is 2.40. The summed E-state index contributed by atoms with van der Waals surface area (Å²) in [5.41, 5.74) is 4.67. The van der Waals surface area contributed by atoms with Gasteiger partial charge in [-0.05, 0) is 55.4 Å². The molecule has 1 aliphatic rings. The molecule has 30 heavy (non-hydrogen) atoms. The Bertz CT molecular complexity index is 951. The number of carbonyl (C=O) groups excluding carboxylic acids is 1. The van der Waals surface area contributed by atoms with Gasteiger partial charge >= 0.3 is 0 Å². The van der Waals surface area contributed by atoms with Gasteiger partial charge in [-0.3, -0.25) is 4.79 Å². The van der Waals surface area contributed by atoms with Crippen molar-refractivity contribution in [3.63, 3.8) is 0 Å². The summed E-state index contributed by atoms with van der Waals surface area (Å²) in [6.07, 6.45) is 3.75. The molecule has 1 aliphatic carbocycles. The van der Waals surface area contributed by atoms with E-state index in [9.17, 15) is 13.2 Å². The maximum atomic E-state index is 12.3. The molecule has 1 fully saturated rings. The standard InChI is InChI=1S/C24H32N2O3S/c1-17(2)30(28,29)26-24-6-4-5-23(24)22-13-11-21(12-14-22)20-9-7-19(8-10-20)15-16-25-18(3)27/h7-14,17,23-24,26H,4-6,15-16H2,1-3H3,(H,25,27)/t23-,24+/m0/s1. The molecule has 0 saturated heterocycles. The fourth-order valence-electron chi connectivity index (χ4n) is 4.02. The molecule has 0 spiro atoms. The smallest absolute Gasteiger partial charge is 0.216 e. The van der Waals surface area contributed by atoms with Gasteiger partial charge in [-0.25, -0.2) is 13.1 Å². The minimum absolute atomic E-state index is 0.00628. The van der Waals surface area contributed by atoms with Gasteiger partial charge in [-0.15, -0.1) is 0 Å². The third-order valence-electron chi connectivity index (χ3n) is 5.87. The van der Waals surface area contributed by atoms with E-state index in [2.05, 4.69) is 58.6 Å². The maximum absolute atomic E-state index is 12.3. The summed E-state index contributed by atoms with van der Waals surface area (Å²) >= 11 is 0. The highest BCUT2D eigenvalue weighted by Crippen LogP contribution is 2.36. The Kier molecular flexibility index (Phi) is 7.32. The number of carbonyl (C=O) groups is 1. The van der Waals surface area contributed by atoms with Crippen molar-refractivity contribution in [2.45, 2.75) is 63.7 Å². The first kappa shape index (κ1) is 22.5. The van der Waals surface area contributed by atoms with Gasteiger partial charge in [-0.2, -0.15) is 0 Å². The van der Waals surface area contributed by atoms with Crippen molar-refractivity contribution < 1.29 is 13.2 Å². The van der Waals surface area contributed by atoms with Crippen LogP contribution in [0.2, 0.25) is 0 Å². The summed E-state index contributed by atoms with van der Waals surface area (Å²) in [7, 11) is -3.26. The number of amides is 1. The van der Waals surface area contributed by atoms with E-state index < -0.39 is 15.3 Å². The molecule has 2 aromatic rings. The first-order chi connectivity index (χ1) is 14.3. The average Bonchev–Trinajstić information content (AvgIpc) is 3.15. The van der Waals surface area contributed by atoms with E-state index in [1.165, 1.54) is 18.1 Å². The Hall–Kier alpha value is -2.18. The SMILES string of the molecule is CC(=O)NCCc1ccc(-c2ccc([C@@H]3CCC[C@H]3NS(=O)(=O)C(C)C)cc2)cc1. The topological polar surface area (TPSA) is 75.3 Å². The molecule has 5 nitrogen and oxygen atoms in total. The van der Waals surface area contributed by atoms with Crippen LogP contribution < -0.4 is 10.0 Å². The summed E-state index contributed by atoms with van der Waals surface area (Å²) in [6.45, 7) is 5.60. The van der Waals surface area contributed by atoms with Crippen LogP contribution >= 0.6 is 0 Å². The molecule has 2 aromatic carbocycles. The molecule has 2 N–H and O–H groups in total. The summed E-state index contributed by atoms with van der Waals surface area (Å²) in [6, 6.07) is 16.9. The largest absolute Gasteiger partial charge is 0.356 e. The highest BCUT2D eigenvalue weighted by molar-refractivity contribution is 7.90. The summed E-state index contributed by atoms with van der Waals surface area (Å²) < 4.78 is 27.5. The van der Waals surface area contributed by atoms with Gasteiger partial charge in [0.15, 0.2) is 0 Å². The number of rotatable bonds is 8. The van der Waals surface area contributed by atoms with Crippen molar-refractivity contribution in [1.82, 2.24) is 10.0 Å². The van der Waals surface area contributed by atoms with E-state index >= 15 is 0 Å². The molecule has 0 unspecified atom stereocenters. The zero-order valence-corrected chi connectivity index (χ0v) is 18.8. The zero-order chi connectivity index (χ0) is 21.7. The molecule has 162 valence electrons. The molecule has 0 heterocycles. The van der Waals surface area contributed by atoms with Gasteiger partial charge in [0.05, 0.1) is 5.25 Å². The summed E-state index contributed by atoms with van der Waals surface area (Å²) in [4.78, 5) is 11.0. The van der Waals surface area contributed by atoms with Crippen molar-refractivity contribution in [2.24, 2.45) is 0 Å². The Morgan fingerprint density at radius 3 is 2.17 bits per heavy atom. The fraction of sp³-hybridized carbons (Fsp3) is 0.458. The first-order valence-electron chi connectivity index (χ1n) is 10.7. The summed E-state index contributed by atoms with van der Waals surface area (Å²) in [5.74, 6) is 0.219. The van der Waals surface area contributed by atoms with Crippen LogP contribution in [0.1, 0.15) is 57.1 Å². The van der Waals surface area contributed by atoms with Gasteiger partial charge in [-0.1, -0.05) is 55.0 Å². The molecule has 0 aromatic heterocycles. The molecule has 1 saturated carbocycles. The second-order valence-corrected chi connectivity index (χ2v) is 10.7. The minimum Gasteiger partial charge on any atom is -0.356 e. The van der Waals surface area contributed by atoms with E-state index in [0.717, 1.165) is 36.8 Å². The van der Waals surface area contributed by atoms with Gasteiger partial charge in [0.25, 0.3) is 0 Å². The van der Waals surface area contributed by atoms with Crippen molar-refractivity contribution in [3.05, 3.63) is 59.7 Å². The Morgan fingerprint density at radius 2 is 1.60 bits per heavy atom. The molecular formula is C24H32N2O3S. The van der Waals surface area contributed by atoms with Gasteiger partial charge in [0.2, 0.25) is 15.9 Å². The Balaban J connectivity index is 1.66. The van der Waals surface area contributed by atoms with Crippen LogP contribution in [0.25, 0.3) is 11.1 Å². The van der Waals surface area contributed by atoms with Crippen LogP contribution in [0.5, 0.6) is 0 Å². The molecule has 0 bridgehead atoms. The van der Waals surface area contributed by atoms with Crippen LogP contribution in [-0.4, -0.2) is 32.2 Å². The van der Waals surface area contributed by atoms with Crippen LogP contribution in [0, 0.1) is 0 Å². The lowest BCUT2D eigenvalue weighted by Gasteiger charge is -2.23. The van der Waals surface area contributed by atoms with Crippen LogP contribution in [-0.2, 0) is 21.2 Å². The molecule has 6 heteroatoms. The van der Waals surface area contributed by atoms with E-state index in [-0.39, 0.29) is 17.9 Å². The third-order valence-corrected chi connectivity index (χ3v) is 7.74. The number of nitrogens with one attached hydrogen (secondary N) is 2. The predicted octanol–water partition coefficient (Wildman–Crippen LogP) is 4.00. The quantitative estimate of drug-likeness (QED) is 0.667. The maximum Gasteiger partial charge on any atom is 0.216 e. The van der Waals surface area contributed by atoms with E-state index in [1.807, 2.05) is 0 Å². The van der Waals surface area contributed by atoms with Crippen molar-refractivity contribution in [1.29, 1.82) is 0 Å². The first-order valence-corrected chi connectivity index (χ1v) is 12.3. The number of benzene rings is 2. The van der Waals surface area contributed by atoms with E-state index in [0.29, 0.717) is 6.54 Å². The predicted molar refractivity (Wildman–Crippen MR) is 122 cm³/mol. The molecule has 3 rings (SSSR count). The molecule has 2 atom stereocenters. The normalized spacial score (nSPS) is 19.2. The Morgan fingerprint density at radius 1 is 1.00 bits per heavy atom. The number of sulfonamides is 1. The van der Waals surface area contributed by atoms with Crippen LogP contribution in [0.4, 0.5) is 0 Å². The molecule has 0 radical (unpaired) electrons. The van der Waals surface area contributed by atoms with E-state index in [4.69, 9.17) is 0 Å². The van der Waals surface area contributed by atoms with Crippen molar-refractivity contribution >= 4 is 15.9 Å². The van der Waals surface area contributed by atoms with Gasteiger partial charge in [0.1, 0.15) is 0 Å². The van der Waals surface area contributed by atoms with E-state index in [1.54, 1.807) is 13.8 Å². The fourth-order valence-corrected chi connectivity index (χ4v) is 4.99. The third kappa shape index (κ3) is 5.70. The lowest BCUT2D eigenvalue weighted by Crippen LogP contribution is -2.40. The molecule has 1 amide bonds. The number of hydrogen-bond acceptors (Lipinski definition) is 3. The highest BCUT2D eigenvalue weighted by Gasteiger charge is 2.32. The minimum atomic E-state index is -3.26. The highest BCUT2D eigenvalue weighted by atomic mass is 32.2. The second kappa shape index (κ2) is 9.75. The number of hydrogen-bond donors (Lipinski definition) is 2. The lowest BCUT2D eigenvalue weighted by molar-refractivity contribution is -0.118. The van der Waals surface area contributed by atoms with Crippen molar-refractivity contribution in [3.8, 4) is 11.1 Å². The van der Waals surface area contributed by atoms with Gasteiger partial charge < -0.3 is 5.32 Å². The molecule has 0 aliphatic heterocycles. The van der Waals surface area contributed by atoms with Gasteiger partial charge in [0, 0.05) is 25.4 Å². The zero-order valence-electron chi connectivity index (χ0n) is 18.0. The van der Waals surface area contributed by atoms with Crippen molar-refractivity contribution in [2.75, 3.05) is 6.54 Å². The second-order valence-electron chi connectivity index (χ2n) is 8.41. The monoisotopic (exact) mass is 428 g/mol. The van der Waals surface area contributed by atoms with Crippen LogP contribution in [0.3, 0.4) is 0 Å². The Labute approximate surface area is 180 Å².